The van der Waals surface area contributed by atoms with Crippen molar-refractivity contribution in [3.63, 3.8) is 0 Å². The second-order valence-corrected chi connectivity index (χ2v) is 6.93. The Labute approximate surface area is 151 Å². The van der Waals surface area contributed by atoms with Crippen molar-refractivity contribution in [3.8, 4) is 0 Å². The predicted molar refractivity (Wildman–Crippen MR) is 101 cm³/mol. The highest BCUT2D eigenvalue weighted by Gasteiger charge is 2.18. The molecule has 0 saturated heterocycles. The van der Waals surface area contributed by atoms with Gasteiger partial charge in [0.05, 0.1) is 15.9 Å². The molecule has 0 aliphatic carbocycles. The van der Waals surface area contributed by atoms with E-state index in [1.165, 1.54) is 11.3 Å². The van der Waals surface area contributed by atoms with Crippen molar-refractivity contribution in [2.45, 2.75) is 6.92 Å². The Morgan fingerprint density at radius 1 is 1.12 bits per heavy atom. The number of fused-ring (bicyclic) bond motifs is 2. The van der Waals surface area contributed by atoms with Gasteiger partial charge in [-0.3, -0.25) is 15.0 Å². The van der Waals surface area contributed by atoms with Gasteiger partial charge in [-0.1, -0.05) is 41.9 Å². The van der Waals surface area contributed by atoms with Gasteiger partial charge in [0.1, 0.15) is 10.7 Å². The molecule has 5 nitrogen and oxygen atoms in total. The molecular formula is C18H12ClN3O2S. The summed E-state index contributed by atoms with van der Waals surface area (Å²) in [5.74, 6) is -0.0391. The Hall–Kier alpha value is -2.70. The Morgan fingerprint density at radius 3 is 2.56 bits per heavy atom. The summed E-state index contributed by atoms with van der Waals surface area (Å²) in [4.78, 5) is 30.1. The molecule has 124 valence electrons. The molecule has 1 N–H and O–H groups in total. The smallest absolute Gasteiger partial charge is 0.267 e. The minimum Gasteiger partial charge on any atom is -0.267 e. The van der Waals surface area contributed by atoms with Crippen LogP contribution < -0.4 is 11.0 Å². The van der Waals surface area contributed by atoms with Gasteiger partial charge in [0.2, 0.25) is 0 Å². The highest BCUT2D eigenvalue weighted by Crippen LogP contribution is 2.35. The van der Waals surface area contributed by atoms with Gasteiger partial charge in [-0.25, -0.2) is 9.66 Å². The normalized spacial score (nSPS) is 11.1. The third-order valence-electron chi connectivity index (χ3n) is 3.90. The fourth-order valence-electron chi connectivity index (χ4n) is 2.69. The molecule has 0 fully saturated rings. The lowest BCUT2D eigenvalue weighted by Crippen LogP contribution is -2.35. The number of hydrogen-bond acceptors (Lipinski definition) is 4. The fourth-order valence-corrected chi connectivity index (χ4v) is 4.09. The maximum atomic E-state index is 12.7. The van der Waals surface area contributed by atoms with E-state index in [0.717, 1.165) is 14.8 Å². The molecule has 4 rings (SSSR count). The number of aryl methyl sites for hydroxylation is 1. The molecule has 25 heavy (non-hydrogen) atoms. The largest absolute Gasteiger partial charge is 0.281 e. The summed E-state index contributed by atoms with van der Waals surface area (Å²) in [5, 5.41) is 1.65. The van der Waals surface area contributed by atoms with Crippen molar-refractivity contribution in [2.75, 3.05) is 5.43 Å². The van der Waals surface area contributed by atoms with Crippen LogP contribution in [0.2, 0.25) is 5.02 Å². The standard InChI is InChI=1S/C18H12ClN3O2S/c1-10-20-13-8-4-2-6-11(13)18(24)22(10)21-17(23)16-15(19)12-7-3-5-9-14(12)25-16/h2-9H,1H3,(H,21,23). The average molecular weight is 370 g/mol. The molecule has 1 amide bonds. The summed E-state index contributed by atoms with van der Waals surface area (Å²) in [6.07, 6.45) is 0. The SMILES string of the molecule is Cc1nc2ccccc2c(=O)n1NC(=O)c1sc2ccccc2c1Cl. The van der Waals surface area contributed by atoms with Gasteiger partial charge in [0, 0.05) is 10.1 Å². The second-order valence-electron chi connectivity index (χ2n) is 5.50. The molecule has 0 spiro atoms. The quantitative estimate of drug-likeness (QED) is 0.581. The monoisotopic (exact) mass is 369 g/mol. The third kappa shape index (κ3) is 2.59. The predicted octanol–water partition coefficient (Wildman–Crippen LogP) is 3.96. The van der Waals surface area contributed by atoms with Crippen LogP contribution in [0, 0.1) is 6.92 Å². The van der Waals surface area contributed by atoms with Crippen molar-refractivity contribution in [1.29, 1.82) is 0 Å². The average Bonchev–Trinajstić information content (AvgIpc) is 2.96. The summed E-state index contributed by atoms with van der Waals surface area (Å²) in [6, 6.07) is 14.5. The molecule has 0 saturated carbocycles. The number of halogens is 1. The van der Waals surface area contributed by atoms with Crippen LogP contribution in [0.4, 0.5) is 0 Å². The van der Waals surface area contributed by atoms with Gasteiger partial charge in [-0.2, -0.15) is 0 Å². The topological polar surface area (TPSA) is 64.0 Å². The third-order valence-corrected chi connectivity index (χ3v) is 5.57. The number of hydrogen-bond donors (Lipinski definition) is 1. The summed E-state index contributed by atoms with van der Waals surface area (Å²) in [5.41, 5.74) is 2.89. The molecule has 0 aliphatic heterocycles. The van der Waals surface area contributed by atoms with Gasteiger partial charge in [0.15, 0.2) is 0 Å². The zero-order valence-corrected chi connectivity index (χ0v) is 14.7. The maximum absolute atomic E-state index is 12.7. The van der Waals surface area contributed by atoms with Gasteiger partial charge in [-0.15, -0.1) is 11.3 Å². The molecule has 2 aromatic carbocycles. The van der Waals surface area contributed by atoms with Crippen molar-refractivity contribution in [1.82, 2.24) is 9.66 Å². The number of thiophene rings is 1. The van der Waals surface area contributed by atoms with Crippen molar-refractivity contribution >= 4 is 49.8 Å². The molecule has 7 heteroatoms. The molecule has 0 radical (unpaired) electrons. The second kappa shape index (κ2) is 5.98. The molecule has 0 unspecified atom stereocenters. The van der Waals surface area contributed by atoms with Crippen LogP contribution in [0.15, 0.2) is 53.3 Å². The number of amides is 1. The lowest BCUT2D eigenvalue weighted by molar-refractivity contribution is 0.101. The zero-order chi connectivity index (χ0) is 17.6. The molecule has 0 atom stereocenters. The number of benzene rings is 2. The van der Waals surface area contributed by atoms with Crippen LogP contribution in [0.25, 0.3) is 21.0 Å². The molecule has 0 bridgehead atoms. The Morgan fingerprint density at radius 2 is 1.80 bits per heavy atom. The van der Waals surface area contributed by atoms with E-state index in [-0.39, 0.29) is 5.56 Å². The van der Waals surface area contributed by atoms with Crippen LogP contribution in [0.3, 0.4) is 0 Å². The van der Waals surface area contributed by atoms with Crippen molar-refractivity contribution in [3.05, 3.63) is 74.6 Å². The van der Waals surface area contributed by atoms with Crippen LogP contribution in [0.5, 0.6) is 0 Å². The number of nitrogens with zero attached hydrogens (tertiary/aromatic N) is 2. The van der Waals surface area contributed by atoms with E-state index >= 15 is 0 Å². The maximum Gasteiger partial charge on any atom is 0.281 e. The first-order chi connectivity index (χ1) is 12.1. The molecule has 2 aromatic heterocycles. The number of para-hydroxylation sites is 1. The minimum atomic E-state index is -0.437. The number of carbonyl (C=O) groups is 1. The lowest BCUT2D eigenvalue weighted by atomic mass is 10.2. The summed E-state index contributed by atoms with van der Waals surface area (Å²) in [6.45, 7) is 1.67. The van der Waals surface area contributed by atoms with Gasteiger partial charge >= 0.3 is 0 Å². The minimum absolute atomic E-state index is 0.325. The van der Waals surface area contributed by atoms with Gasteiger partial charge < -0.3 is 0 Å². The molecule has 0 aliphatic rings. The number of nitrogens with one attached hydrogen (secondary N) is 1. The zero-order valence-electron chi connectivity index (χ0n) is 13.1. The molecular weight excluding hydrogens is 358 g/mol. The van der Waals surface area contributed by atoms with E-state index in [0.29, 0.717) is 26.6 Å². The van der Waals surface area contributed by atoms with Gasteiger partial charge in [0.25, 0.3) is 11.5 Å². The Bertz CT molecular complexity index is 1200. The van der Waals surface area contributed by atoms with Crippen LogP contribution in [0.1, 0.15) is 15.5 Å². The van der Waals surface area contributed by atoms with Crippen molar-refractivity contribution < 1.29 is 4.79 Å². The van der Waals surface area contributed by atoms with Crippen LogP contribution in [-0.4, -0.2) is 15.6 Å². The number of carbonyl (C=O) groups excluding carboxylic acids is 1. The van der Waals surface area contributed by atoms with E-state index in [1.807, 2.05) is 30.3 Å². The first-order valence-electron chi connectivity index (χ1n) is 7.53. The van der Waals surface area contributed by atoms with E-state index in [1.54, 1.807) is 25.1 Å². The first-order valence-corrected chi connectivity index (χ1v) is 8.72. The summed E-state index contributed by atoms with van der Waals surface area (Å²) in [7, 11) is 0. The van der Waals surface area contributed by atoms with E-state index in [9.17, 15) is 9.59 Å². The van der Waals surface area contributed by atoms with Crippen molar-refractivity contribution in [2.24, 2.45) is 0 Å². The number of aromatic nitrogens is 2. The highest BCUT2D eigenvalue weighted by molar-refractivity contribution is 7.21. The fraction of sp³-hybridized carbons (Fsp3) is 0.0556. The molecule has 4 aromatic rings. The van der Waals surface area contributed by atoms with E-state index in [4.69, 9.17) is 11.6 Å². The molecule has 2 heterocycles. The van der Waals surface area contributed by atoms with Crippen LogP contribution >= 0.6 is 22.9 Å². The Kier molecular flexibility index (Phi) is 3.78. The van der Waals surface area contributed by atoms with E-state index in [2.05, 4.69) is 10.4 Å². The summed E-state index contributed by atoms with van der Waals surface area (Å²) < 4.78 is 2.07. The number of rotatable bonds is 2. The first kappa shape index (κ1) is 15.8. The van der Waals surface area contributed by atoms with Crippen LogP contribution in [-0.2, 0) is 0 Å². The van der Waals surface area contributed by atoms with E-state index < -0.39 is 5.91 Å². The Balaban J connectivity index is 1.79. The van der Waals surface area contributed by atoms with Gasteiger partial charge in [-0.05, 0) is 25.1 Å². The highest BCUT2D eigenvalue weighted by atomic mass is 35.5. The lowest BCUT2D eigenvalue weighted by Gasteiger charge is -2.11. The summed E-state index contributed by atoms with van der Waals surface area (Å²) >= 11 is 7.63.